The van der Waals surface area contributed by atoms with Crippen LogP contribution in [-0.2, 0) is 14.4 Å². The summed E-state index contributed by atoms with van der Waals surface area (Å²) < 4.78 is 0.0395. The number of carboxylic acids is 2. The molecule has 1 aromatic heterocycles. The molecule has 0 bridgehead atoms. The Morgan fingerprint density at radius 1 is 1.43 bits per heavy atom. The molecule has 0 aliphatic carbocycles. The number of carboxylic acid groups (broad SMARTS) is 2. The third-order valence-corrected chi connectivity index (χ3v) is 4.34. The fourth-order valence-electron chi connectivity index (χ4n) is 1.97. The van der Waals surface area contributed by atoms with Crippen molar-refractivity contribution in [3.05, 3.63) is 35.0 Å². The highest BCUT2D eigenvalue weighted by molar-refractivity contribution is 8.26. The Bertz CT molecular complexity index is 690. The zero-order valence-electron chi connectivity index (χ0n) is 11.6. The van der Waals surface area contributed by atoms with E-state index in [2.05, 4.69) is 4.98 Å². The highest BCUT2D eigenvalue weighted by Gasteiger charge is 2.37. The number of thioether (sulfide) groups is 1. The van der Waals surface area contributed by atoms with Crippen LogP contribution in [0.5, 0.6) is 0 Å². The molecule has 120 valence electrons. The number of aliphatic carboxylic acids is 2. The molecule has 1 aliphatic heterocycles. The van der Waals surface area contributed by atoms with Gasteiger partial charge in [-0.05, 0) is 30.5 Å². The Morgan fingerprint density at radius 3 is 2.74 bits per heavy atom. The molecule has 1 saturated heterocycles. The molecular weight excluding hydrogens is 340 g/mol. The number of rotatable bonds is 6. The highest BCUT2D eigenvalue weighted by atomic mass is 32.2. The van der Waals surface area contributed by atoms with Gasteiger partial charge in [-0.1, -0.05) is 30.0 Å². The topological polar surface area (TPSA) is 113 Å². The summed E-state index contributed by atoms with van der Waals surface area (Å²) in [7, 11) is 0. The number of carbonyl (C=O) groups is 3. The van der Waals surface area contributed by atoms with E-state index in [1.54, 1.807) is 24.5 Å². The van der Waals surface area contributed by atoms with E-state index in [9.17, 15) is 24.6 Å². The lowest BCUT2D eigenvalue weighted by Crippen LogP contribution is -2.50. The number of nitrogens with zero attached hydrogens (tertiary/aromatic N) is 2. The Morgan fingerprint density at radius 2 is 2.17 bits per heavy atom. The summed E-state index contributed by atoms with van der Waals surface area (Å²) in [6.07, 6.45) is 3.81. The van der Waals surface area contributed by atoms with Crippen LogP contribution >= 0.6 is 24.0 Å². The lowest BCUT2D eigenvalue weighted by molar-refractivity contribution is -0.311. The van der Waals surface area contributed by atoms with Crippen molar-refractivity contribution in [2.45, 2.75) is 18.9 Å². The van der Waals surface area contributed by atoms with E-state index in [1.807, 2.05) is 0 Å². The first-order valence-electron chi connectivity index (χ1n) is 6.48. The molecule has 2 heterocycles. The molecule has 1 fully saturated rings. The van der Waals surface area contributed by atoms with Crippen LogP contribution in [0.3, 0.4) is 0 Å². The number of pyridine rings is 1. The predicted octanol–water partition coefficient (Wildman–Crippen LogP) is -1.07. The maximum Gasteiger partial charge on any atom is 0.266 e. The zero-order chi connectivity index (χ0) is 17.0. The summed E-state index contributed by atoms with van der Waals surface area (Å²) in [5, 5.41) is 21.8. The number of thiocarbonyl (C=S) groups is 1. The van der Waals surface area contributed by atoms with Gasteiger partial charge in [0.15, 0.2) is 0 Å². The second kappa shape index (κ2) is 7.34. The quantitative estimate of drug-likeness (QED) is 0.471. The van der Waals surface area contributed by atoms with Gasteiger partial charge in [0.05, 0.1) is 16.9 Å². The molecule has 0 aromatic carbocycles. The van der Waals surface area contributed by atoms with E-state index >= 15 is 0 Å². The molecule has 7 nitrogen and oxygen atoms in total. The molecule has 0 saturated carbocycles. The summed E-state index contributed by atoms with van der Waals surface area (Å²) in [5.41, 5.74) is 0.660. The summed E-state index contributed by atoms with van der Waals surface area (Å²) in [6.45, 7) is 0. The van der Waals surface area contributed by atoms with Crippen molar-refractivity contribution < 1.29 is 24.6 Å². The standard InChI is InChI=1S/C14H12N2O5S2/c17-11(18)4-3-9(13(20)21)16-12(19)10(23-14(16)22)6-8-2-1-5-15-7-8/h1-2,5-7,9H,3-4H2,(H,17,18)(H,20,21)/p-2/b10-6-/t9-/m0/s1. The monoisotopic (exact) mass is 350 g/mol. The maximum absolute atomic E-state index is 12.4. The van der Waals surface area contributed by atoms with Crippen LogP contribution in [0.4, 0.5) is 0 Å². The van der Waals surface area contributed by atoms with Gasteiger partial charge >= 0.3 is 0 Å². The average molecular weight is 350 g/mol. The van der Waals surface area contributed by atoms with E-state index < -0.39 is 30.3 Å². The fraction of sp³-hybridized carbons (Fsp3) is 0.214. The smallest absolute Gasteiger partial charge is 0.266 e. The van der Waals surface area contributed by atoms with E-state index in [4.69, 9.17) is 12.2 Å². The van der Waals surface area contributed by atoms with Gasteiger partial charge in [0, 0.05) is 18.4 Å². The maximum atomic E-state index is 12.4. The zero-order valence-corrected chi connectivity index (χ0v) is 13.3. The van der Waals surface area contributed by atoms with Crippen molar-refractivity contribution in [3.63, 3.8) is 0 Å². The molecule has 0 unspecified atom stereocenters. The molecule has 0 radical (unpaired) electrons. The Kier molecular flexibility index (Phi) is 5.45. The van der Waals surface area contributed by atoms with E-state index in [0.29, 0.717) is 5.56 Å². The van der Waals surface area contributed by atoms with Crippen LogP contribution in [0.15, 0.2) is 29.4 Å². The largest absolute Gasteiger partial charge is 0.550 e. The third-order valence-electron chi connectivity index (χ3n) is 3.01. The van der Waals surface area contributed by atoms with Gasteiger partial charge in [-0.15, -0.1) is 0 Å². The average Bonchev–Trinajstić information content (AvgIpc) is 2.75. The van der Waals surface area contributed by atoms with Crippen molar-refractivity contribution in [2.75, 3.05) is 0 Å². The second-order valence-electron chi connectivity index (χ2n) is 4.58. The lowest BCUT2D eigenvalue weighted by Gasteiger charge is -2.27. The first-order chi connectivity index (χ1) is 10.9. The van der Waals surface area contributed by atoms with Crippen molar-refractivity contribution in [2.24, 2.45) is 0 Å². The number of amides is 1. The fourth-order valence-corrected chi connectivity index (χ4v) is 3.32. The molecule has 0 spiro atoms. The van der Waals surface area contributed by atoms with Crippen molar-refractivity contribution >= 4 is 52.2 Å². The molecule has 1 atom stereocenters. The van der Waals surface area contributed by atoms with Crippen LogP contribution < -0.4 is 10.2 Å². The van der Waals surface area contributed by atoms with Gasteiger partial charge in [-0.2, -0.15) is 0 Å². The van der Waals surface area contributed by atoms with E-state index in [1.165, 1.54) is 6.08 Å². The highest BCUT2D eigenvalue weighted by Crippen LogP contribution is 2.34. The van der Waals surface area contributed by atoms with Crippen molar-refractivity contribution in [1.82, 2.24) is 9.88 Å². The Balaban J connectivity index is 2.24. The third kappa shape index (κ3) is 4.14. The molecule has 23 heavy (non-hydrogen) atoms. The number of hydrogen-bond donors (Lipinski definition) is 0. The summed E-state index contributed by atoms with van der Waals surface area (Å²) in [5.74, 6) is -3.57. The molecule has 1 aliphatic rings. The van der Waals surface area contributed by atoms with Gasteiger partial charge in [0.1, 0.15) is 4.32 Å². The SMILES string of the molecule is O=C([O-])CC[C@@H](C(=O)[O-])N1C(=O)/C(=C/c2cccnc2)SC1=S. The van der Waals surface area contributed by atoms with Crippen LogP contribution in [-0.4, -0.2) is 38.1 Å². The summed E-state index contributed by atoms with van der Waals surface area (Å²) in [4.78, 5) is 39.2. The molecule has 1 aromatic rings. The van der Waals surface area contributed by atoms with Gasteiger partial charge in [-0.25, -0.2) is 0 Å². The van der Waals surface area contributed by atoms with E-state index in [0.717, 1.165) is 16.7 Å². The minimum Gasteiger partial charge on any atom is -0.550 e. The van der Waals surface area contributed by atoms with Crippen LogP contribution in [0, 0.1) is 0 Å². The van der Waals surface area contributed by atoms with Crippen LogP contribution in [0.25, 0.3) is 6.08 Å². The van der Waals surface area contributed by atoms with Gasteiger partial charge in [0.25, 0.3) is 5.91 Å². The Hall–Kier alpha value is -2.26. The molecule has 2 rings (SSSR count). The normalized spacial score (nSPS) is 17.6. The minimum atomic E-state index is -1.56. The van der Waals surface area contributed by atoms with Gasteiger partial charge < -0.3 is 19.8 Å². The minimum absolute atomic E-state index is 0.0395. The van der Waals surface area contributed by atoms with Crippen LogP contribution in [0.1, 0.15) is 18.4 Å². The summed E-state index contributed by atoms with van der Waals surface area (Å²) >= 11 is 5.99. The lowest BCUT2D eigenvalue weighted by atomic mass is 10.1. The number of hydrogen-bond acceptors (Lipinski definition) is 8. The second-order valence-corrected chi connectivity index (χ2v) is 6.26. The van der Waals surface area contributed by atoms with E-state index in [-0.39, 0.29) is 15.6 Å². The molecule has 1 amide bonds. The number of aromatic nitrogens is 1. The van der Waals surface area contributed by atoms with Crippen LogP contribution in [0.2, 0.25) is 0 Å². The van der Waals surface area contributed by atoms with Crippen molar-refractivity contribution in [1.29, 1.82) is 0 Å². The Labute approximate surface area is 141 Å². The molecule has 9 heteroatoms. The first-order valence-corrected chi connectivity index (χ1v) is 7.70. The van der Waals surface area contributed by atoms with Gasteiger partial charge in [-0.3, -0.25) is 14.7 Å². The molecule has 0 N–H and O–H groups in total. The molecular formula is C14H10N2O5S2-2. The number of carbonyl (C=O) groups excluding carboxylic acids is 3. The first kappa shape index (κ1) is 17.1. The predicted molar refractivity (Wildman–Crippen MR) is 82.3 cm³/mol. The van der Waals surface area contributed by atoms with Crippen molar-refractivity contribution in [3.8, 4) is 0 Å². The van der Waals surface area contributed by atoms with Gasteiger partial charge in [0.2, 0.25) is 0 Å². The summed E-state index contributed by atoms with van der Waals surface area (Å²) in [6, 6.07) is 1.97.